The van der Waals surface area contributed by atoms with Gasteiger partial charge in [-0.05, 0) is 35.9 Å². The number of carbonyl (C=O) groups is 1. The van der Waals surface area contributed by atoms with Gasteiger partial charge >= 0.3 is 0 Å². The van der Waals surface area contributed by atoms with Crippen LogP contribution >= 0.6 is 46.1 Å². The summed E-state index contributed by atoms with van der Waals surface area (Å²) in [4.78, 5) is 17.1. The first kappa shape index (κ1) is 19.0. The standard InChI is InChI=1S/C19H11Cl3N4OS/c20-12-6-7-13(15(22)9-12)16-10-28-19-24-18(25-26(16)19)23-17(27)8-5-11-3-1-2-4-14(11)21/h1-10H,(H,23,25,27)/b8-5+. The summed E-state index contributed by atoms with van der Waals surface area (Å²) in [7, 11) is 0. The van der Waals surface area contributed by atoms with Gasteiger partial charge in [0.25, 0.3) is 11.9 Å². The first-order valence-electron chi connectivity index (χ1n) is 8.04. The van der Waals surface area contributed by atoms with E-state index in [1.54, 1.807) is 28.8 Å². The molecule has 28 heavy (non-hydrogen) atoms. The summed E-state index contributed by atoms with van der Waals surface area (Å²) in [5.74, 6) is -0.156. The van der Waals surface area contributed by atoms with E-state index in [4.69, 9.17) is 34.8 Å². The average molecular weight is 450 g/mol. The zero-order valence-corrected chi connectivity index (χ0v) is 17.1. The third-order valence-corrected chi connectivity index (χ3v) is 5.55. The summed E-state index contributed by atoms with van der Waals surface area (Å²) in [5, 5.41) is 10.5. The minimum absolute atomic E-state index is 0.201. The fourth-order valence-corrected chi connectivity index (χ4v) is 4.07. The van der Waals surface area contributed by atoms with Gasteiger partial charge in [0.15, 0.2) is 0 Å². The Bertz CT molecular complexity index is 1220. The van der Waals surface area contributed by atoms with Crippen molar-refractivity contribution >= 4 is 69.0 Å². The Morgan fingerprint density at radius 1 is 1.11 bits per heavy atom. The molecule has 2 aromatic carbocycles. The molecule has 2 heterocycles. The SMILES string of the molecule is O=C(/C=C/c1ccccc1Cl)Nc1nc2scc(-c3ccc(Cl)cc3Cl)n2n1. The van der Waals surface area contributed by atoms with Crippen LogP contribution in [0.5, 0.6) is 0 Å². The monoisotopic (exact) mass is 448 g/mol. The number of amides is 1. The number of hydrogen-bond acceptors (Lipinski definition) is 4. The Hall–Kier alpha value is -2.38. The molecule has 1 N–H and O–H groups in total. The fraction of sp³-hybridized carbons (Fsp3) is 0. The maximum Gasteiger partial charge on any atom is 0.250 e. The second kappa shape index (κ2) is 7.93. The van der Waals surface area contributed by atoms with E-state index in [1.807, 2.05) is 29.6 Å². The van der Waals surface area contributed by atoms with E-state index in [1.165, 1.54) is 17.4 Å². The van der Waals surface area contributed by atoms with E-state index < -0.39 is 0 Å². The molecule has 4 rings (SSSR count). The Labute approximate surface area is 179 Å². The van der Waals surface area contributed by atoms with Crippen molar-refractivity contribution in [2.45, 2.75) is 0 Å². The van der Waals surface area contributed by atoms with Gasteiger partial charge in [-0.25, -0.2) is 4.52 Å². The number of benzene rings is 2. The topological polar surface area (TPSA) is 59.3 Å². The lowest BCUT2D eigenvalue weighted by atomic mass is 10.2. The Kier molecular flexibility index (Phi) is 5.37. The minimum Gasteiger partial charge on any atom is -0.290 e. The first-order chi connectivity index (χ1) is 13.5. The van der Waals surface area contributed by atoms with Crippen molar-refractivity contribution in [1.29, 1.82) is 0 Å². The van der Waals surface area contributed by atoms with E-state index in [0.717, 1.165) is 16.8 Å². The van der Waals surface area contributed by atoms with Crippen LogP contribution in [0.4, 0.5) is 5.95 Å². The van der Waals surface area contributed by atoms with Crippen molar-refractivity contribution in [2.24, 2.45) is 0 Å². The highest BCUT2D eigenvalue weighted by Gasteiger charge is 2.15. The van der Waals surface area contributed by atoms with Gasteiger partial charge in [-0.2, -0.15) is 4.98 Å². The molecule has 0 spiro atoms. The molecule has 0 saturated carbocycles. The molecule has 1 amide bonds. The molecule has 9 heteroatoms. The smallest absolute Gasteiger partial charge is 0.250 e. The molecule has 0 aliphatic heterocycles. The zero-order chi connectivity index (χ0) is 19.7. The molecule has 5 nitrogen and oxygen atoms in total. The molecule has 0 atom stereocenters. The minimum atomic E-state index is -0.357. The summed E-state index contributed by atoms with van der Waals surface area (Å²) in [6, 6.07) is 12.5. The molecule has 0 bridgehead atoms. The van der Waals surface area contributed by atoms with Crippen LogP contribution in [0, 0.1) is 0 Å². The van der Waals surface area contributed by atoms with E-state index in [2.05, 4.69) is 15.4 Å². The van der Waals surface area contributed by atoms with Crippen LogP contribution in [-0.4, -0.2) is 20.5 Å². The van der Waals surface area contributed by atoms with Crippen molar-refractivity contribution in [3.8, 4) is 11.3 Å². The lowest BCUT2D eigenvalue weighted by molar-refractivity contribution is -0.111. The van der Waals surface area contributed by atoms with Crippen LogP contribution < -0.4 is 5.32 Å². The lowest BCUT2D eigenvalue weighted by Crippen LogP contribution is -2.09. The van der Waals surface area contributed by atoms with Crippen molar-refractivity contribution in [3.05, 3.63) is 74.6 Å². The molecule has 0 fully saturated rings. The molecule has 0 saturated heterocycles. The Morgan fingerprint density at radius 2 is 1.93 bits per heavy atom. The van der Waals surface area contributed by atoms with Crippen LogP contribution in [0.1, 0.15) is 5.56 Å². The molecule has 0 radical (unpaired) electrons. The van der Waals surface area contributed by atoms with Gasteiger partial charge in [0.05, 0.1) is 10.7 Å². The van der Waals surface area contributed by atoms with Crippen LogP contribution in [0.15, 0.2) is 53.9 Å². The Balaban J connectivity index is 1.56. The van der Waals surface area contributed by atoms with E-state index >= 15 is 0 Å². The maximum absolute atomic E-state index is 12.2. The summed E-state index contributed by atoms with van der Waals surface area (Å²) in [6.07, 6.45) is 3.02. The highest BCUT2D eigenvalue weighted by atomic mass is 35.5. The quantitative estimate of drug-likeness (QED) is 0.385. The largest absolute Gasteiger partial charge is 0.290 e. The number of carbonyl (C=O) groups excluding carboxylic acids is 1. The van der Waals surface area contributed by atoms with E-state index in [-0.39, 0.29) is 11.9 Å². The van der Waals surface area contributed by atoms with Crippen molar-refractivity contribution in [3.63, 3.8) is 0 Å². The van der Waals surface area contributed by atoms with Gasteiger partial charge in [-0.1, -0.05) is 53.0 Å². The van der Waals surface area contributed by atoms with Gasteiger partial charge in [0.1, 0.15) is 0 Å². The highest BCUT2D eigenvalue weighted by Crippen LogP contribution is 2.33. The average Bonchev–Trinajstić information content (AvgIpc) is 3.21. The third-order valence-electron chi connectivity index (χ3n) is 3.84. The van der Waals surface area contributed by atoms with Crippen molar-refractivity contribution in [1.82, 2.24) is 14.6 Å². The molecule has 4 aromatic rings. The molecule has 0 aliphatic rings. The number of halogens is 3. The highest BCUT2D eigenvalue weighted by molar-refractivity contribution is 7.15. The molecular weight excluding hydrogens is 439 g/mol. The second-order valence-electron chi connectivity index (χ2n) is 5.72. The van der Waals surface area contributed by atoms with Crippen LogP contribution in [0.3, 0.4) is 0 Å². The van der Waals surface area contributed by atoms with Gasteiger partial charge in [0, 0.05) is 27.1 Å². The van der Waals surface area contributed by atoms with Crippen molar-refractivity contribution < 1.29 is 4.79 Å². The second-order valence-corrected chi connectivity index (χ2v) is 7.81. The van der Waals surface area contributed by atoms with Crippen LogP contribution in [0.25, 0.3) is 22.3 Å². The van der Waals surface area contributed by atoms with Crippen LogP contribution in [-0.2, 0) is 4.79 Å². The number of aromatic nitrogens is 3. The summed E-state index contributed by atoms with van der Waals surface area (Å²) in [6.45, 7) is 0. The number of thiazole rings is 1. The van der Waals surface area contributed by atoms with Gasteiger partial charge < -0.3 is 0 Å². The number of nitrogens with one attached hydrogen (secondary N) is 1. The summed E-state index contributed by atoms with van der Waals surface area (Å²) < 4.78 is 1.63. The lowest BCUT2D eigenvalue weighted by Gasteiger charge is -2.02. The summed E-state index contributed by atoms with van der Waals surface area (Å²) in [5.41, 5.74) is 2.29. The van der Waals surface area contributed by atoms with E-state index in [9.17, 15) is 4.79 Å². The molecule has 140 valence electrons. The van der Waals surface area contributed by atoms with Crippen molar-refractivity contribution in [2.75, 3.05) is 5.32 Å². The third kappa shape index (κ3) is 3.91. The molecule has 0 aliphatic carbocycles. The fourth-order valence-electron chi connectivity index (χ4n) is 2.54. The van der Waals surface area contributed by atoms with Gasteiger partial charge in [-0.3, -0.25) is 10.1 Å². The normalized spacial score (nSPS) is 11.4. The number of rotatable bonds is 4. The number of fused-ring (bicyclic) bond motifs is 1. The van der Waals surface area contributed by atoms with Gasteiger partial charge in [0.2, 0.25) is 4.96 Å². The zero-order valence-electron chi connectivity index (χ0n) is 14.1. The molecule has 0 unspecified atom stereocenters. The van der Waals surface area contributed by atoms with Gasteiger partial charge in [-0.15, -0.1) is 16.4 Å². The maximum atomic E-state index is 12.2. The first-order valence-corrected chi connectivity index (χ1v) is 10.1. The molecule has 2 aromatic heterocycles. The predicted octanol–water partition coefficient (Wildman–Crippen LogP) is 6.07. The summed E-state index contributed by atoms with van der Waals surface area (Å²) >= 11 is 19.7. The number of anilines is 1. The number of hydrogen-bond donors (Lipinski definition) is 1. The predicted molar refractivity (Wildman–Crippen MR) is 115 cm³/mol. The number of nitrogens with zero attached hydrogens (tertiary/aromatic N) is 3. The van der Waals surface area contributed by atoms with Crippen LogP contribution in [0.2, 0.25) is 15.1 Å². The Morgan fingerprint density at radius 3 is 2.71 bits per heavy atom. The molecular formula is C19H11Cl3N4OS. The van der Waals surface area contributed by atoms with E-state index in [0.29, 0.717) is 20.0 Å².